The summed E-state index contributed by atoms with van der Waals surface area (Å²) in [5.41, 5.74) is 5.91. The lowest BCUT2D eigenvalue weighted by Crippen LogP contribution is -2.34. The number of benzene rings is 1. The summed E-state index contributed by atoms with van der Waals surface area (Å²) in [6.45, 7) is 11.6. The summed E-state index contributed by atoms with van der Waals surface area (Å²) in [6, 6.07) is 8.84. The lowest BCUT2D eigenvalue weighted by molar-refractivity contribution is -0.131. The van der Waals surface area contributed by atoms with E-state index in [0.29, 0.717) is 0 Å². The van der Waals surface area contributed by atoms with Gasteiger partial charge in [0.05, 0.1) is 0 Å². The normalized spacial score (nSPS) is 18.3. The van der Waals surface area contributed by atoms with Crippen LogP contribution in [0.15, 0.2) is 30.3 Å². The standard InChI is InChI=1S/C22H26O2S/c1-14-12-17-18(22(4,5)11-10-21(17,2)3)13-16(14)19-8-6-15(25-19)7-9-20(23)24/h6-9,12-13H,10-11H2,1-5H3,(H,23,24). The molecule has 3 rings (SSSR count). The molecule has 1 aliphatic rings. The fourth-order valence-corrected chi connectivity index (χ4v) is 4.72. The van der Waals surface area contributed by atoms with E-state index in [2.05, 4.69) is 52.8 Å². The number of rotatable bonds is 3. The van der Waals surface area contributed by atoms with E-state index in [1.54, 1.807) is 17.4 Å². The first-order chi connectivity index (χ1) is 11.6. The molecule has 0 amide bonds. The Morgan fingerprint density at radius 1 is 1.08 bits per heavy atom. The zero-order valence-corrected chi connectivity index (χ0v) is 16.5. The summed E-state index contributed by atoms with van der Waals surface area (Å²) >= 11 is 1.64. The molecule has 0 unspecified atom stereocenters. The molecule has 0 bridgehead atoms. The number of carboxylic acids is 1. The van der Waals surface area contributed by atoms with Gasteiger partial charge in [0.2, 0.25) is 0 Å². The average Bonchev–Trinajstić information content (AvgIpc) is 2.98. The van der Waals surface area contributed by atoms with Gasteiger partial charge in [-0.05, 0) is 77.1 Å². The van der Waals surface area contributed by atoms with Crippen LogP contribution in [0.3, 0.4) is 0 Å². The number of carboxylic acid groups (broad SMARTS) is 1. The van der Waals surface area contributed by atoms with Gasteiger partial charge in [-0.2, -0.15) is 0 Å². The second kappa shape index (κ2) is 6.14. The van der Waals surface area contributed by atoms with Crippen molar-refractivity contribution < 1.29 is 9.90 Å². The van der Waals surface area contributed by atoms with E-state index in [4.69, 9.17) is 5.11 Å². The van der Waals surface area contributed by atoms with Crippen molar-refractivity contribution >= 4 is 23.4 Å². The molecule has 1 N–H and O–H groups in total. The number of aryl methyl sites for hydroxylation is 1. The maximum Gasteiger partial charge on any atom is 0.328 e. The number of aliphatic carboxylic acids is 1. The SMILES string of the molecule is Cc1cc2c(cc1-c1ccc(C=CC(=O)O)s1)C(C)(C)CCC2(C)C. The Hall–Kier alpha value is -1.87. The molecule has 0 spiro atoms. The predicted octanol–water partition coefficient (Wildman–Crippen LogP) is 6.17. The Kier molecular flexibility index (Phi) is 4.40. The zero-order chi connectivity index (χ0) is 18.4. The first-order valence-corrected chi connectivity index (χ1v) is 9.59. The minimum atomic E-state index is -0.913. The lowest BCUT2D eigenvalue weighted by Gasteiger charge is -2.42. The molecule has 25 heavy (non-hydrogen) atoms. The molecule has 132 valence electrons. The van der Waals surface area contributed by atoms with Crippen LogP contribution in [0.5, 0.6) is 0 Å². The summed E-state index contributed by atoms with van der Waals surface area (Å²) < 4.78 is 0. The van der Waals surface area contributed by atoms with E-state index in [0.717, 1.165) is 4.88 Å². The van der Waals surface area contributed by atoms with Crippen molar-refractivity contribution in [2.45, 2.75) is 58.3 Å². The van der Waals surface area contributed by atoms with Crippen molar-refractivity contribution in [3.8, 4) is 10.4 Å². The average molecular weight is 355 g/mol. The van der Waals surface area contributed by atoms with Gasteiger partial charge in [0, 0.05) is 15.8 Å². The molecule has 1 aromatic heterocycles. The molecule has 1 heterocycles. The summed E-state index contributed by atoms with van der Waals surface area (Å²) in [5, 5.41) is 8.80. The summed E-state index contributed by atoms with van der Waals surface area (Å²) in [6.07, 6.45) is 5.28. The molecule has 0 atom stereocenters. The molecule has 1 aliphatic carbocycles. The number of carbonyl (C=O) groups is 1. The summed E-state index contributed by atoms with van der Waals surface area (Å²) in [4.78, 5) is 12.9. The van der Waals surface area contributed by atoms with E-state index in [-0.39, 0.29) is 10.8 Å². The monoisotopic (exact) mass is 354 g/mol. The van der Waals surface area contributed by atoms with Gasteiger partial charge >= 0.3 is 5.97 Å². The van der Waals surface area contributed by atoms with Crippen LogP contribution in [0.25, 0.3) is 16.5 Å². The predicted molar refractivity (Wildman–Crippen MR) is 106 cm³/mol. The van der Waals surface area contributed by atoms with Crippen LogP contribution in [0.2, 0.25) is 0 Å². The van der Waals surface area contributed by atoms with Gasteiger partial charge in [0.25, 0.3) is 0 Å². The highest BCUT2D eigenvalue weighted by Gasteiger charge is 2.37. The van der Waals surface area contributed by atoms with E-state index in [1.165, 1.54) is 46.0 Å². The van der Waals surface area contributed by atoms with Crippen molar-refractivity contribution in [3.63, 3.8) is 0 Å². The minimum absolute atomic E-state index is 0.191. The fraction of sp³-hybridized carbons (Fsp3) is 0.409. The Morgan fingerprint density at radius 3 is 2.28 bits per heavy atom. The minimum Gasteiger partial charge on any atom is -0.478 e. The first-order valence-electron chi connectivity index (χ1n) is 8.77. The van der Waals surface area contributed by atoms with Gasteiger partial charge in [-0.25, -0.2) is 4.79 Å². The summed E-state index contributed by atoms with van der Waals surface area (Å²) in [5.74, 6) is -0.913. The Morgan fingerprint density at radius 2 is 1.68 bits per heavy atom. The van der Waals surface area contributed by atoms with Crippen molar-refractivity contribution in [2.24, 2.45) is 0 Å². The van der Waals surface area contributed by atoms with Crippen LogP contribution >= 0.6 is 11.3 Å². The Labute approximate surface area is 154 Å². The lowest BCUT2D eigenvalue weighted by atomic mass is 9.62. The number of thiophene rings is 1. The fourth-order valence-electron chi connectivity index (χ4n) is 3.73. The van der Waals surface area contributed by atoms with Crippen molar-refractivity contribution in [1.29, 1.82) is 0 Å². The van der Waals surface area contributed by atoms with Crippen LogP contribution < -0.4 is 0 Å². The van der Waals surface area contributed by atoms with Crippen LogP contribution in [-0.4, -0.2) is 11.1 Å². The van der Waals surface area contributed by atoms with Crippen molar-refractivity contribution in [1.82, 2.24) is 0 Å². The van der Waals surface area contributed by atoms with E-state index in [9.17, 15) is 4.79 Å². The Balaban J connectivity index is 2.09. The molecule has 3 heteroatoms. The highest BCUT2D eigenvalue weighted by atomic mass is 32.1. The molecule has 0 fully saturated rings. The zero-order valence-electron chi connectivity index (χ0n) is 15.6. The third kappa shape index (κ3) is 3.43. The summed E-state index contributed by atoms with van der Waals surface area (Å²) in [7, 11) is 0. The van der Waals surface area contributed by atoms with E-state index in [1.807, 2.05) is 6.07 Å². The highest BCUT2D eigenvalue weighted by molar-refractivity contribution is 7.16. The second-order valence-corrected chi connectivity index (χ2v) is 9.47. The van der Waals surface area contributed by atoms with Gasteiger partial charge in [-0.15, -0.1) is 11.3 Å². The maximum atomic E-state index is 10.7. The topological polar surface area (TPSA) is 37.3 Å². The van der Waals surface area contributed by atoms with Crippen molar-refractivity contribution in [3.05, 3.63) is 51.9 Å². The smallest absolute Gasteiger partial charge is 0.328 e. The van der Waals surface area contributed by atoms with E-state index >= 15 is 0 Å². The van der Waals surface area contributed by atoms with Gasteiger partial charge in [0.15, 0.2) is 0 Å². The second-order valence-electron chi connectivity index (χ2n) is 8.35. The van der Waals surface area contributed by atoms with Crippen LogP contribution in [0.4, 0.5) is 0 Å². The molecule has 0 aliphatic heterocycles. The molecule has 2 nitrogen and oxygen atoms in total. The van der Waals surface area contributed by atoms with Gasteiger partial charge in [0.1, 0.15) is 0 Å². The molecule has 0 saturated carbocycles. The first kappa shape index (κ1) is 17.9. The molecular weight excluding hydrogens is 328 g/mol. The van der Waals surface area contributed by atoms with Gasteiger partial charge in [-0.3, -0.25) is 0 Å². The molecule has 0 saturated heterocycles. The highest BCUT2D eigenvalue weighted by Crippen LogP contribution is 2.48. The number of fused-ring (bicyclic) bond motifs is 1. The number of hydrogen-bond donors (Lipinski definition) is 1. The molecular formula is C22H26O2S. The van der Waals surface area contributed by atoms with E-state index < -0.39 is 5.97 Å². The quantitative estimate of drug-likeness (QED) is 0.669. The van der Waals surface area contributed by atoms with Crippen LogP contribution in [-0.2, 0) is 15.6 Å². The van der Waals surface area contributed by atoms with Gasteiger partial charge < -0.3 is 5.11 Å². The largest absolute Gasteiger partial charge is 0.478 e. The molecule has 2 aromatic rings. The number of hydrogen-bond acceptors (Lipinski definition) is 2. The molecule has 0 radical (unpaired) electrons. The van der Waals surface area contributed by atoms with Crippen LogP contribution in [0.1, 0.15) is 62.1 Å². The third-order valence-electron chi connectivity index (χ3n) is 5.48. The van der Waals surface area contributed by atoms with Gasteiger partial charge in [-0.1, -0.05) is 33.8 Å². The Bertz CT molecular complexity index is 853. The maximum absolute atomic E-state index is 10.7. The van der Waals surface area contributed by atoms with Crippen LogP contribution in [0, 0.1) is 6.92 Å². The third-order valence-corrected chi connectivity index (χ3v) is 6.56. The molecule has 1 aromatic carbocycles. The van der Waals surface area contributed by atoms with Crippen molar-refractivity contribution in [2.75, 3.05) is 0 Å².